The fraction of sp³-hybridized carbons (Fsp3) is 0.0789. The summed E-state index contributed by atoms with van der Waals surface area (Å²) in [7, 11) is 0. The molecule has 3 aromatic heterocycles. The molecule has 8 aromatic rings. The molecule has 0 aliphatic heterocycles. The van der Waals surface area contributed by atoms with Gasteiger partial charge in [0.05, 0.1) is 17.2 Å². The Morgan fingerprint density at radius 2 is 1.63 bits per heavy atom. The molecule has 209 valence electrons. The van der Waals surface area contributed by atoms with Crippen LogP contribution in [0.1, 0.15) is 34.6 Å². The predicted molar refractivity (Wildman–Crippen MR) is 170 cm³/mol. The Morgan fingerprint density at radius 3 is 2.42 bits per heavy atom. The summed E-state index contributed by atoms with van der Waals surface area (Å²) < 4.78 is 73.0. The van der Waals surface area contributed by atoms with E-state index in [1.165, 1.54) is 24.3 Å². The first-order chi connectivity index (χ1) is 24.1. The average Bonchev–Trinajstić information content (AvgIpc) is 3.48. The molecular weight excluding hydrogens is 707 g/mol. The fourth-order valence-electron chi connectivity index (χ4n) is 5.28. The molecule has 43 heavy (non-hydrogen) atoms. The molecule has 1 radical (unpaired) electrons. The summed E-state index contributed by atoms with van der Waals surface area (Å²) in [5, 5.41) is 16.8. The topological polar surface area (TPSA) is 62.7 Å². The molecule has 0 aliphatic rings. The summed E-state index contributed by atoms with van der Waals surface area (Å²) in [5.74, 6) is 0. The summed E-state index contributed by atoms with van der Waals surface area (Å²) in [6, 6.07) is 33.6. The number of rotatable bonds is 1. The van der Waals surface area contributed by atoms with Crippen LogP contribution >= 0.6 is 0 Å². The molecule has 0 amide bonds. The summed E-state index contributed by atoms with van der Waals surface area (Å²) in [5.41, 5.74) is 3.08. The van der Waals surface area contributed by atoms with E-state index in [4.69, 9.17) is 16.8 Å². The number of hydrogen-bond donors (Lipinski definition) is 0. The number of hydrogen-bond acceptors (Lipinski definition) is 4. The van der Waals surface area contributed by atoms with Crippen LogP contribution in [0.25, 0.3) is 65.6 Å². The van der Waals surface area contributed by atoms with Gasteiger partial charge in [-0.15, -0.1) is 52.9 Å². The van der Waals surface area contributed by atoms with Gasteiger partial charge in [-0.3, -0.25) is 0 Å². The molecule has 0 aliphatic carbocycles. The van der Waals surface area contributed by atoms with E-state index in [0.29, 0.717) is 11.1 Å². The van der Waals surface area contributed by atoms with Crippen molar-refractivity contribution in [2.24, 2.45) is 0 Å². The van der Waals surface area contributed by atoms with Gasteiger partial charge < -0.3 is 14.4 Å². The minimum atomic E-state index is -2.61. The standard InChI is InChI=1S/C24H11N2O.C14H14N.Ir/c25-13-14-7-8-18-21(12-14)27-20-10-9-19-22(23(18)20)16-5-2-1-4-15(16)17-6-3-11-26-24(17)19;1-10-4-6-13(7-5-10)14-8-11(2)12(3)9-15-14;/h1-8,10-12H;4-6,8-9H,1-3H3;/q2*-1;/i;1D3,2D3,3D3;. The van der Waals surface area contributed by atoms with E-state index >= 15 is 0 Å². The normalized spacial score (nSPS) is 14.9. The molecule has 0 saturated carbocycles. The van der Waals surface area contributed by atoms with Crippen molar-refractivity contribution in [3.05, 3.63) is 132 Å². The Balaban J connectivity index is 0.000000177. The Morgan fingerprint density at radius 1 is 0.767 bits per heavy atom. The van der Waals surface area contributed by atoms with Gasteiger partial charge in [-0.1, -0.05) is 65.7 Å². The fourth-order valence-corrected chi connectivity index (χ4v) is 5.28. The molecular formula is C38H25IrN3O-2. The van der Waals surface area contributed by atoms with E-state index in [2.05, 4.69) is 58.5 Å². The van der Waals surface area contributed by atoms with E-state index in [9.17, 15) is 5.26 Å². The van der Waals surface area contributed by atoms with Gasteiger partial charge in [0.25, 0.3) is 0 Å². The molecule has 8 rings (SSSR count). The first-order valence-electron chi connectivity index (χ1n) is 17.5. The van der Waals surface area contributed by atoms with E-state index in [-0.39, 0.29) is 42.5 Å². The number of fused-ring (bicyclic) bond motifs is 10. The zero-order chi connectivity index (χ0) is 36.3. The SMILES string of the molecule is N#Cc1ccc2c(c1)oc1c[c-]c3c4ncccc4c4ccccc4c3c12.[2H]C([2H])([2H])c1c[c-]c(-c2cc(C([2H])([2H])[2H])c(C([2H])([2H])[2H])cn2)cc1.[Ir]. The maximum Gasteiger partial charge on any atom is 0.122 e. The molecule has 3 heterocycles. The van der Waals surface area contributed by atoms with E-state index in [0.717, 1.165) is 60.6 Å². The molecule has 0 atom stereocenters. The number of aryl methyl sites for hydroxylation is 3. The van der Waals surface area contributed by atoms with Crippen molar-refractivity contribution in [1.82, 2.24) is 9.97 Å². The van der Waals surface area contributed by atoms with Gasteiger partial charge in [0.15, 0.2) is 0 Å². The second-order valence-electron chi connectivity index (χ2n) is 9.75. The smallest absolute Gasteiger partial charge is 0.122 e. The second kappa shape index (κ2) is 11.4. The third-order valence-corrected chi connectivity index (χ3v) is 7.22. The molecule has 0 bridgehead atoms. The van der Waals surface area contributed by atoms with Crippen molar-refractivity contribution in [1.29, 1.82) is 5.26 Å². The first kappa shape index (κ1) is 19.3. The van der Waals surface area contributed by atoms with Crippen LogP contribution in [0.15, 0.2) is 102 Å². The average molecular weight is 741 g/mol. The van der Waals surface area contributed by atoms with Crippen molar-refractivity contribution in [3.8, 4) is 17.3 Å². The van der Waals surface area contributed by atoms with E-state index < -0.39 is 20.6 Å². The first-order valence-corrected chi connectivity index (χ1v) is 13.0. The summed E-state index contributed by atoms with van der Waals surface area (Å²) >= 11 is 0. The van der Waals surface area contributed by atoms with Crippen LogP contribution in [0.2, 0.25) is 0 Å². The predicted octanol–water partition coefficient (Wildman–Crippen LogP) is 9.58. The number of furan rings is 1. The van der Waals surface area contributed by atoms with Crippen LogP contribution in [0.4, 0.5) is 0 Å². The minimum Gasteiger partial charge on any atom is -0.500 e. The number of nitrogens with zero attached hydrogens (tertiary/aromatic N) is 3. The van der Waals surface area contributed by atoms with Crippen LogP contribution < -0.4 is 0 Å². The maximum absolute atomic E-state index is 9.20. The van der Waals surface area contributed by atoms with Crippen molar-refractivity contribution >= 4 is 54.4 Å². The van der Waals surface area contributed by atoms with Crippen molar-refractivity contribution in [3.63, 3.8) is 0 Å². The molecule has 0 saturated heterocycles. The molecule has 5 aromatic carbocycles. The van der Waals surface area contributed by atoms with Crippen LogP contribution in [0.3, 0.4) is 0 Å². The number of nitriles is 1. The molecule has 4 nitrogen and oxygen atoms in total. The minimum absolute atomic E-state index is 0. The Labute approximate surface area is 275 Å². The zero-order valence-corrected chi connectivity index (χ0v) is 24.7. The molecule has 0 N–H and O–H groups in total. The van der Waals surface area contributed by atoms with Gasteiger partial charge in [-0.25, -0.2) is 0 Å². The van der Waals surface area contributed by atoms with E-state index in [1.54, 1.807) is 6.07 Å². The van der Waals surface area contributed by atoms with Crippen LogP contribution in [0.5, 0.6) is 0 Å². The maximum atomic E-state index is 9.20. The van der Waals surface area contributed by atoms with E-state index in [1.807, 2.05) is 30.5 Å². The molecule has 0 spiro atoms. The van der Waals surface area contributed by atoms with Gasteiger partial charge in [0.1, 0.15) is 5.58 Å². The number of aromatic nitrogens is 2. The Bertz CT molecular complexity index is 2640. The quantitative estimate of drug-likeness (QED) is 0.124. The van der Waals surface area contributed by atoms with Gasteiger partial charge in [-0.2, -0.15) is 5.26 Å². The second-order valence-corrected chi connectivity index (χ2v) is 9.75. The monoisotopic (exact) mass is 741 g/mol. The van der Waals surface area contributed by atoms with Gasteiger partial charge >= 0.3 is 0 Å². The third-order valence-electron chi connectivity index (χ3n) is 7.22. The van der Waals surface area contributed by atoms with Crippen LogP contribution in [-0.4, -0.2) is 9.97 Å². The molecule has 0 fully saturated rings. The molecule has 0 unspecified atom stereocenters. The Kier molecular flexibility index (Phi) is 5.13. The van der Waals surface area contributed by atoms with Crippen LogP contribution in [-0.2, 0) is 20.1 Å². The third kappa shape index (κ3) is 4.96. The Hall–Kier alpha value is -4.88. The van der Waals surface area contributed by atoms with Gasteiger partial charge in [0.2, 0.25) is 0 Å². The van der Waals surface area contributed by atoms with Crippen molar-refractivity contribution < 1.29 is 36.9 Å². The number of benzene rings is 5. The van der Waals surface area contributed by atoms with Gasteiger partial charge in [-0.05, 0) is 64.8 Å². The van der Waals surface area contributed by atoms with Crippen molar-refractivity contribution in [2.45, 2.75) is 20.6 Å². The largest absolute Gasteiger partial charge is 0.500 e. The number of pyridine rings is 2. The zero-order valence-electron chi connectivity index (χ0n) is 31.3. The van der Waals surface area contributed by atoms with Gasteiger partial charge in [0, 0.05) is 50.2 Å². The van der Waals surface area contributed by atoms with Crippen LogP contribution in [0, 0.1) is 44.0 Å². The summed E-state index contributed by atoms with van der Waals surface area (Å²) in [4.78, 5) is 8.65. The molecule has 5 heteroatoms. The summed E-state index contributed by atoms with van der Waals surface area (Å²) in [6.07, 6.45) is 2.84. The summed E-state index contributed by atoms with van der Waals surface area (Å²) in [6.45, 7) is -7.47. The van der Waals surface area contributed by atoms with Crippen molar-refractivity contribution in [2.75, 3.05) is 0 Å².